The monoisotopic (exact) mass is 387 g/mol. The van der Waals surface area contributed by atoms with Crippen molar-refractivity contribution in [2.45, 2.75) is 26.3 Å². The van der Waals surface area contributed by atoms with Gasteiger partial charge in [-0.05, 0) is 38.0 Å². The molecule has 0 heterocycles. The number of carbonyl (C=O) groups is 1. The molecule has 2 aromatic carbocycles. The number of rotatable bonds is 8. The lowest BCUT2D eigenvalue weighted by Gasteiger charge is -2.28. The second-order valence-electron chi connectivity index (χ2n) is 6.24. The summed E-state index contributed by atoms with van der Waals surface area (Å²) in [5.74, 6) is 0.235. The Hall–Kier alpha value is -3.49. The Morgan fingerprint density at radius 2 is 1.61 bits per heavy atom. The predicted molar refractivity (Wildman–Crippen MR) is 103 cm³/mol. The van der Waals surface area contributed by atoms with Crippen molar-refractivity contribution >= 4 is 17.3 Å². The van der Waals surface area contributed by atoms with Crippen LogP contribution in [0.4, 0.5) is 11.4 Å². The van der Waals surface area contributed by atoms with Crippen LogP contribution in [-0.4, -0.2) is 40.4 Å². The summed E-state index contributed by atoms with van der Waals surface area (Å²) in [4.78, 5) is 35.1. The molecule has 0 radical (unpaired) electrons. The highest BCUT2D eigenvalue weighted by Crippen LogP contribution is 2.24. The zero-order valence-corrected chi connectivity index (χ0v) is 15.8. The molecule has 2 aromatic rings. The number of carbonyl (C=O) groups excluding carboxylic acids is 1. The number of methoxy groups -OCH3 is 1. The van der Waals surface area contributed by atoms with Gasteiger partial charge in [0.1, 0.15) is 5.75 Å². The van der Waals surface area contributed by atoms with Crippen LogP contribution in [0.2, 0.25) is 0 Å². The fourth-order valence-electron chi connectivity index (χ4n) is 2.96. The minimum Gasteiger partial charge on any atom is -0.497 e. The second-order valence-corrected chi connectivity index (χ2v) is 6.24. The normalized spacial score (nSPS) is 11.5. The Bertz CT molecular complexity index is 849. The fraction of sp³-hybridized carbons (Fsp3) is 0.316. The minimum absolute atomic E-state index is 0.0793. The maximum Gasteiger partial charge on any atom is 0.277 e. The molecule has 1 unspecified atom stereocenters. The zero-order chi connectivity index (χ0) is 20.8. The van der Waals surface area contributed by atoms with Crippen LogP contribution in [0.5, 0.6) is 5.75 Å². The highest BCUT2D eigenvalue weighted by molar-refractivity contribution is 5.95. The molecule has 0 fully saturated rings. The molecule has 0 aliphatic heterocycles. The lowest BCUT2D eigenvalue weighted by atomic mass is 10.0. The molecule has 0 N–H and O–H groups in total. The molecule has 1 atom stereocenters. The highest BCUT2D eigenvalue weighted by atomic mass is 16.6. The van der Waals surface area contributed by atoms with Crippen LogP contribution in [0, 0.1) is 20.2 Å². The van der Waals surface area contributed by atoms with Crippen molar-refractivity contribution < 1.29 is 19.4 Å². The first-order valence-electron chi connectivity index (χ1n) is 8.64. The van der Waals surface area contributed by atoms with Crippen molar-refractivity contribution in [3.8, 4) is 5.75 Å². The van der Waals surface area contributed by atoms with Crippen molar-refractivity contribution in [3.63, 3.8) is 0 Å². The highest BCUT2D eigenvalue weighted by Gasteiger charge is 2.25. The number of nitro groups is 2. The molecule has 9 nitrogen and oxygen atoms in total. The van der Waals surface area contributed by atoms with Crippen LogP contribution in [0.15, 0.2) is 42.5 Å². The zero-order valence-electron chi connectivity index (χ0n) is 15.8. The Morgan fingerprint density at radius 3 is 2.04 bits per heavy atom. The predicted octanol–water partition coefficient (Wildman–Crippen LogP) is 3.60. The van der Waals surface area contributed by atoms with Crippen LogP contribution in [0.1, 0.15) is 29.8 Å². The summed E-state index contributed by atoms with van der Waals surface area (Å²) in [6.45, 7) is 4.00. The maximum absolute atomic E-state index is 12.9. The van der Waals surface area contributed by atoms with E-state index in [0.29, 0.717) is 13.0 Å². The van der Waals surface area contributed by atoms with Crippen LogP contribution < -0.4 is 4.74 Å². The van der Waals surface area contributed by atoms with Crippen molar-refractivity contribution in [2.75, 3.05) is 13.7 Å². The van der Waals surface area contributed by atoms with E-state index in [1.54, 1.807) is 14.0 Å². The molecule has 28 heavy (non-hydrogen) atoms. The number of amides is 1. The molecular formula is C19H21N3O6. The van der Waals surface area contributed by atoms with Gasteiger partial charge in [-0.3, -0.25) is 25.0 Å². The van der Waals surface area contributed by atoms with Gasteiger partial charge < -0.3 is 9.64 Å². The summed E-state index contributed by atoms with van der Waals surface area (Å²) < 4.78 is 5.13. The molecule has 0 spiro atoms. The van der Waals surface area contributed by atoms with Crippen LogP contribution in [0.25, 0.3) is 0 Å². The summed E-state index contributed by atoms with van der Waals surface area (Å²) in [6, 6.07) is 10.2. The van der Waals surface area contributed by atoms with Gasteiger partial charge >= 0.3 is 0 Å². The number of ether oxygens (including phenoxy) is 1. The van der Waals surface area contributed by atoms with Gasteiger partial charge in [0.25, 0.3) is 17.3 Å². The van der Waals surface area contributed by atoms with Gasteiger partial charge in [0.05, 0.1) is 28.6 Å². The second kappa shape index (κ2) is 8.94. The summed E-state index contributed by atoms with van der Waals surface area (Å²) >= 11 is 0. The Morgan fingerprint density at radius 1 is 1.07 bits per heavy atom. The standard InChI is InChI=1S/C19H21N3O6/c1-4-20(13(2)9-14-5-7-18(28-3)8-6-14)19(23)15-10-16(21(24)25)12-17(11-15)22(26)27/h5-8,10-13H,4,9H2,1-3H3. The minimum atomic E-state index is -0.749. The van der Waals surface area contributed by atoms with Crippen LogP contribution in [-0.2, 0) is 6.42 Å². The number of non-ortho nitro benzene ring substituents is 2. The fourth-order valence-corrected chi connectivity index (χ4v) is 2.96. The van der Waals surface area contributed by atoms with Crippen molar-refractivity contribution in [3.05, 3.63) is 73.8 Å². The van der Waals surface area contributed by atoms with E-state index in [9.17, 15) is 25.0 Å². The number of nitrogens with zero attached hydrogens (tertiary/aromatic N) is 3. The third-order valence-electron chi connectivity index (χ3n) is 4.39. The third-order valence-corrected chi connectivity index (χ3v) is 4.39. The van der Waals surface area contributed by atoms with E-state index in [2.05, 4.69) is 0 Å². The summed E-state index contributed by atoms with van der Waals surface area (Å²) in [5, 5.41) is 22.1. The SMILES string of the molecule is CCN(C(=O)c1cc([N+](=O)[O-])cc([N+](=O)[O-])c1)C(C)Cc1ccc(OC)cc1. The van der Waals surface area contributed by atoms with Crippen molar-refractivity contribution in [2.24, 2.45) is 0 Å². The molecule has 0 saturated heterocycles. The Kier molecular flexibility index (Phi) is 6.64. The lowest BCUT2D eigenvalue weighted by Crippen LogP contribution is -2.39. The molecule has 0 bridgehead atoms. The van der Waals surface area contributed by atoms with Crippen molar-refractivity contribution in [1.82, 2.24) is 4.90 Å². The molecule has 0 aliphatic carbocycles. The summed E-state index contributed by atoms with van der Waals surface area (Å²) in [7, 11) is 1.58. The van der Waals surface area contributed by atoms with E-state index in [-0.39, 0.29) is 11.6 Å². The average molecular weight is 387 g/mol. The first-order chi connectivity index (χ1) is 13.3. The van der Waals surface area contributed by atoms with Gasteiger partial charge in [0, 0.05) is 24.7 Å². The van der Waals surface area contributed by atoms with Gasteiger partial charge in [-0.15, -0.1) is 0 Å². The topological polar surface area (TPSA) is 116 Å². The first kappa shape index (κ1) is 20.8. The van der Waals surface area contributed by atoms with Gasteiger partial charge in [-0.25, -0.2) is 0 Å². The van der Waals surface area contributed by atoms with E-state index in [1.807, 2.05) is 31.2 Å². The largest absolute Gasteiger partial charge is 0.497 e. The van der Waals surface area contributed by atoms with Gasteiger partial charge in [-0.2, -0.15) is 0 Å². The number of benzene rings is 2. The van der Waals surface area contributed by atoms with E-state index < -0.39 is 27.1 Å². The average Bonchev–Trinajstić information content (AvgIpc) is 2.68. The smallest absolute Gasteiger partial charge is 0.277 e. The maximum atomic E-state index is 12.9. The van der Waals surface area contributed by atoms with Gasteiger partial charge in [-0.1, -0.05) is 12.1 Å². The van der Waals surface area contributed by atoms with E-state index in [1.165, 1.54) is 4.90 Å². The summed E-state index contributed by atoms with van der Waals surface area (Å²) in [6.07, 6.45) is 0.556. The molecule has 2 rings (SSSR count). The molecular weight excluding hydrogens is 366 g/mol. The molecule has 148 valence electrons. The van der Waals surface area contributed by atoms with E-state index >= 15 is 0 Å². The number of hydrogen-bond acceptors (Lipinski definition) is 6. The number of nitro benzene ring substituents is 2. The molecule has 1 amide bonds. The first-order valence-corrected chi connectivity index (χ1v) is 8.64. The molecule has 0 aromatic heterocycles. The number of likely N-dealkylation sites (N-methyl/N-ethyl adjacent to an activating group) is 1. The summed E-state index contributed by atoms with van der Waals surface area (Å²) in [5.41, 5.74) is -0.0678. The molecule has 0 aliphatic rings. The van der Waals surface area contributed by atoms with Gasteiger partial charge in [0.15, 0.2) is 0 Å². The molecule has 9 heteroatoms. The quantitative estimate of drug-likeness (QED) is 0.505. The number of hydrogen-bond donors (Lipinski definition) is 0. The Labute approximate surface area is 161 Å². The lowest BCUT2D eigenvalue weighted by molar-refractivity contribution is -0.394. The molecule has 0 saturated carbocycles. The Balaban J connectivity index is 2.28. The van der Waals surface area contributed by atoms with Crippen LogP contribution in [0.3, 0.4) is 0 Å². The third kappa shape index (κ3) is 4.81. The van der Waals surface area contributed by atoms with E-state index in [0.717, 1.165) is 29.5 Å². The van der Waals surface area contributed by atoms with Gasteiger partial charge in [0.2, 0.25) is 0 Å². The van der Waals surface area contributed by atoms with Crippen molar-refractivity contribution in [1.29, 1.82) is 0 Å². The van der Waals surface area contributed by atoms with E-state index in [4.69, 9.17) is 4.74 Å². The van der Waals surface area contributed by atoms with Crippen LogP contribution >= 0.6 is 0 Å².